The van der Waals surface area contributed by atoms with E-state index in [0.717, 1.165) is 23.4 Å². The van der Waals surface area contributed by atoms with Crippen LogP contribution >= 0.6 is 0 Å². The van der Waals surface area contributed by atoms with Crippen molar-refractivity contribution in [2.24, 2.45) is 0 Å². The number of nitrogens with zero attached hydrogens (tertiary/aromatic N) is 4. The molecule has 0 aromatic carbocycles. The van der Waals surface area contributed by atoms with E-state index in [1.807, 2.05) is 13.8 Å². The summed E-state index contributed by atoms with van der Waals surface area (Å²) < 4.78 is 11.7. The molecule has 3 aromatic rings. The lowest BCUT2D eigenvalue weighted by atomic mass is 10.1. The summed E-state index contributed by atoms with van der Waals surface area (Å²) in [5, 5.41) is 8.12. The molecule has 0 radical (unpaired) electrons. The number of hydrogen-bond acceptors (Lipinski definition) is 6. The minimum atomic E-state index is -0.170. The monoisotopic (exact) mass is 274 g/mol. The Hall–Kier alpha value is -2.44. The molecule has 0 atom stereocenters. The lowest BCUT2D eigenvalue weighted by Crippen LogP contribution is -2.21. The van der Waals surface area contributed by atoms with Gasteiger partial charge in [0, 0.05) is 12.0 Å². The zero-order valence-corrected chi connectivity index (χ0v) is 11.5. The summed E-state index contributed by atoms with van der Waals surface area (Å²) in [5.41, 5.74) is 2.35. The van der Waals surface area contributed by atoms with Crippen molar-refractivity contribution in [3.8, 4) is 0 Å². The van der Waals surface area contributed by atoms with E-state index in [0.29, 0.717) is 17.6 Å². The summed E-state index contributed by atoms with van der Waals surface area (Å²) in [4.78, 5) is 16.5. The van der Waals surface area contributed by atoms with E-state index in [-0.39, 0.29) is 11.3 Å². The van der Waals surface area contributed by atoms with Gasteiger partial charge in [0.1, 0.15) is 17.5 Å². The first-order chi connectivity index (χ1) is 9.61. The van der Waals surface area contributed by atoms with E-state index in [4.69, 9.17) is 9.05 Å². The average molecular weight is 274 g/mol. The summed E-state index contributed by atoms with van der Waals surface area (Å²) in [6.07, 6.45) is 2.19. The highest BCUT2D eigenvalue weighted by Crippen LogP contribution is 2.16. The van der Waals surface area contributed by atoms with Crippen LogP contribution in [0.2, 0.25) is 0 Å². The molecule has 0 saturated heterocycles. The van der Waals surface area contributed by atoms with Crippen LogP contribution in [0.3, 0.4) is 0 Å². The van der Waals surface area contributed by atoms with E-state index in [1.165, 1.54) is 10.9 Å². The topological polar surface area (TPSA) is 86.9 Å². The highest BCUT2D eigenvalue weighted by molar-refractivity contribution is 5.73. The van der Waals surface area contributed by atoms with Gasteiger partial charge in [0.15, 0.2) is 0 Å². The maximum absolute atomic E-state index is 12.4. The van der Waals surface area contributed by atoms with E-state index in [2.05, 4.69) is 15.3 Å². The summed E-state index contributed by atoms with van der Waals surface area (Å²) in [7, 11) is 0. The smallest absolute Gasteiger partial charge is 0.266 e. The Bertz CT molecular complexity index is 828. The summed E-state index contributed by atoms with van der Waals surface area (Å²) in [5.74, 6) is 0.788. The van der Waals surface area contributed by atoms with E-state index >= 15 is 0 Å². The molecule has 0 amide bonds. The van der Waals surface area contributed by atoms with Gasteiger partial charge in [-0.3, -0.25) is 9.36 Å². The van der Waals surface area contributed by atoms with Gasteiger partial charge in [-0.2, -0.15) is 0 Å². The Morgan fingerprint density at radius 2 is 1.95 bits per heavy atom. The Balaban J connectivity index is 2.11. The molecule has 3 aromatic heterocycles. The number of rotatable bonds is 3. The van der Waals surface area contributed by atoms with Crippen molar-refractivity contribution in [2.45, 2.75) is 33.7 Å². The fourth-order valence-electron chi connectivity index (χ4n) is 2.21. The number of fused-ring (bicyclic) bond motifs is 1. The van der Waals surface area contributed by atoms with Gasteiger partial charge in [0.25, 0.3) is 11.3 Å². The molecular formula is C13H14N4O3. The van der Waals surface area contributed by atoms with Crippen molar-refractivity contribution in [2.75, 3.05) is 0 Å². The molecule has 0 aliphatic heterocycles. The summed E-state index contributed by atoms with van der Waals surface area (Å²) in [6, 6.07) is 0. The molecule has 0 saturated carbocycles. The lowest BCUT2D eigenvalue weighted by Gasteiger charge is -2.04. The van der Waals surface area contributed by atoms with Crippen LogP contribution in [0.4, 0.5) is 0 Å². The molecule has 3 heterocycles. The summed E-state index contributed by atoms with van der Waals surface area (Å²) in [6.45, 7) is 5.95. The van der Waals surface area contributed by atoms with Gasteiger partial charge in [0.2, 0.25) is 0 Å². The van der Waals surface area contributed by atoms with Crippen molar-refractivity contribution in [3.63, 3.8) is 0 Å². The predicted molar refractivity (Wildman–Crippen MR) is 70.5 cm³/mol. The van der Waals surface area contributed by atoms with Crippen molar-refractivity contribution < 1.29 is 9.05 Å². The normalized spacial score (nSPS) is 11.3. The predicted octanol–water partition coefficient (Wildman–Crippen LogP) is 1.60. The molecule has 7 heteroatoms. The van der Waals surface area contributed by atoms with Gasteiger partial charge in [0.05, 0.1) is 17.9 Å². The van der Waals surface area contributed by atoms with Crippen LogP contribution in [-0.2, 0) is 13.0 Å². The van der Waals surface area contributed by atoms with Gasteiger partial charge in [-0.25, -0.2) is 4.98 Å². The van der Waals surface area contributed by atoms with E-state index in [1.54, 1.807) is 6.92 Å². The maximum Gasteiger partial charge on any atom is 0.266 e. The second-order valence-corrected chi connectivity index (χ2v) is 4.65. The molecule has 3 rings (SSSR count). The van der Waals surface area contributed by atoms with E-state index < -0.39 is 0 Å². The fourth-order valence-corrected chi connectivity index (χ4v) is 2.21. The van der Waals surface area contributed by atoms with Crippen molar-refractivity contribution in [1.29, 1.82) is 0 Å². The van der Waals surface area contributed by atoms with Crippen molar-refractivity contribution in [3.05, 3.63) is 39.4 Å². The maximum atomic E-state index is 12.4. The molecule has 0 bridgehead atoms. The molecule has 0 spiro atoms. The number of aryl methyl sites for hydroxylation is 3. The molecule has 0 fully saturated rings. The Morgan fingerprint density at radius 1 is 1.20 bits per heavy atom. The first-order valence-electron chi connectivity index (χ1n) is 6.37. The Labute approximate surface area is 114 Å². The van der Waals surface area contributed by atoms with Gasteiger partial charge in [-0.1, -0.05) is 17.2 Å². The average Bonchev–Trinajstić information content (AvgIpc) is 2.98. The standard InChI is InChI=1S/C13H14N4O3/c1-4-10-9(7(2)15-19-10)5-17-6-14-12-11(13(17)18)8(3)16-20-12/h6H,4-5H2,1-3H3. The van der Waals surface area contributed by atoms with Crippen molar-refractivity contribution >= 4 is 11.1 Å². The highest BCUT2D eigenvalue weighted by Gasteiger charge is 2.16. The molecular weight excluding hydrogens is 260 g/mol. The van der Waals surface area contributed by atoms with Gasteiger partial charge < -0.3 is 9.05 Å². The quantitative estimate of drug-likeness (QED) is 0.721. The number of hydrogen-bond donors (Lipinski definition) is 0. The molecule has 0 aliphatic rings. The van der Waals surface area contributed by atoms with Crippen LogP contribution < -0.4 is 5.56 Å². The van der Waals surface area contributed by atoms with Crippen molar-refractivity contribution in [1.82, 2.24) is 19.9 Å². The minimum absolute atomic E-state index is 0.170. The molecule has 20 heavy (non-hydrogen) atoms. The third-order valence-corrected chi connectivity index (χ3v) is 3.35. The van der Waals surface area contributed by atoms with Gasteiger partial charge in [-0.15, -0.1) is 0 Å². The zero-order chi connectivity index (χ0) is 14.3. The molecule has 7 nitrogen and oxygen atoms in total. The Kier molecular flexibility index (Phi) is 2.89. The summed E-state index contributed by atoms with van der Waals surface area (Å²) >= 11 is 0. The lowest BCUT2D eigenvalue weighted by molar-refractivity contribution is 0.381. The SMILES string of the molecule is CCc1onc(C)c1Cn1cnc2onc(C)c2c1=O. The highest BCUT2D eigenvalue weighted by atomic mass is 16.5. The molecule has 0 N–H and O–H groups in total. The van der Waals surface area contributed by atoms with Gasteiger partial charge in [-0.05, 0) is 13.8 Å². The van der Waals surface area contributed by atoms with Gasteiger partial charge >= 0.3 is 0 Å². The van der Waals surface area contributed by atoms with E-state index in [9.17, 15) is 4.79 Å². The molecule has 0 unspecified atom stereocenters. The third-order valence-electron chi connectivity index (χ3n) is 3.35. The molecule has 0 aliphatic carbocycles. The zero-order valence-electron chi connectivity index (χ0n) is 11.5. The first-order valence-corrected chi connectivity index (χ1v) is 6.37. The number of aromatic nitrogens is 4. The van der Waals surface area contributed by atoms with Crippen LogP contribution in [0.5, 0.6) is 0 Å². The second-order valence-electron chi connectivity index (χ2n) is 4.65. The Morgan fingerprint density at radius 3 is 2.70 bits per heavy atom. The first kappa shape index (κ1) is 12.6. The third kappa shape index (κ3) is 1.82. The van der Waals surface area contributed by atoms with Crippen LogP contribution in [0.25, 0.3) is 11.1 Å². The van der Waals surface area contributed by atoms with Crippen LogP contribution in [0.15, 0.2) is 20.2 Å². The second kappa shape index (κ2) is 4.59. The van der Waals surface area contributed by atoms with Crippen LogP contribution in [0.1, 0.15) is 29.6 Å². The molecule has 104 valence electrons. The fraction of sp³-hybridized carbons (Fsp3) is 0.385. The van der Waals surface area contributed by atoms with Crippen LogP contribution in [-0.4, -0.2) is 19.9 Å². The largest absolute Gasteiger partial charge is 0.361 e. The minimum Gasteiger partial charge on any atom is -0.361 e. The van der Waals surface area contributed by atoms with Crippen LogP contribution in [0, 0.1) is 13.8 Å².